The van der Waals surface area contributed by atoms with Crippen LogP contribution in [0.1, 0.15) is 12.8 Å². The van der Waals surface area contributed by atoms with E-state index in [2.05, 4.69) is 0 Å². The average molecular weight is 264 g/mol. The van der Waals surface area contributed by atoms with Gasteiger partial charge in [0.05, 0.1) is 17.1 Å². The molecular formula is C9H12O7S. The molecule has 0 aliphatic heterocycles. The predicted octanol–water partition coefficient (Wildman–Crippen LogP) is -0.316. The summed E-state index contributed by atoms with van der Waals surface area (Å²) in [7, 11) is -4.31. The van der Waals surface area contributed by atoms with Crippen LogP contribution < -0.4 is 0 Å². The minimum atomic E-state index is -4.31. The number of hydrogen-bond donors (Lipinski definition) is 3. The summed E-state index contributed by atoms with van der Waals surface area (Å²) in [4.78, 5) is 22.0. The molecule has 2 bridgehead atoms. The van der Waals surface area contributed by atoms with Crippen molar-refractivity contribution < 1.29 is 32.8 Å². The number of carbonyl (C=O) groups is 2. The first-order valence-electron chi connectivity index (χ1n) is 5.15. The fourth-order valence-corrected chi connectivity index (χ4v) is 4.55. The third-order valence-corrected chi connectivity index (χ3v) is 5.20. The first kappa shape index (κ1) is 12.3. The van der Waals surface area contributed by atoms with Gasteiger partial charge in [-0.2, -0.15) is 8.42 Å². The van der Waals surface area contributed by atoms with Gasteiger partial charge in [0.1, 0.15) is 0 Å². The van der Waals surface area contributed by atoms with Crippen molar-refractivity contribution in [2.75, 3.05) is 0 Å². The highest BCUT2D eigenvalue weighted by atomic mass is 32.2. The molecule has 0 aromatic rings. The Hall–Kier alpha value is -1.15. The van der Waals surface area contributed by atoms with E-state index in [0.717, 1.165) is 0 Å². The molecule has 5 unspecified atom stereocenters. The van der Waals surface area contributed by atoms with Crippen LogP contribution in [0.2, 0.25) is 0 Å². The molecule has 0 radical (unpaired) electrons. The lowest BCUT2D eigenvalue weighted by Crippen LogP contribution is -2.42. The van der Waals surface area contributed by atoms with Gasteiger partial charge in [-0.05, 0) is 24.7 Å². The van der Waals surface area contributed by atoms with Crippen LogP contribution in [0.15, 0.2) is 0 Å². The zero-order chi connectivity index (χ0) is 13.0. The molecule has 0 aromatic heterocycles. The predicted molar refractivity (Wildman–Crippen MR) is 53.8 cm³/mol. The van der Waals surface area contributed by atoms with E-state index in [1.807, 2.05) is 0 Å². The summed E-state index contributed by atoms with van der Waals surface area (Å²) < 4.78 is 31.2. The number of carboxylic acid groups (broad SMARTS) is 2. The summed E-state index contributed by atoms with van der Waals surface area (Å²) in [5.74, 6) is -6.07. The van der Waals surface area contributed by atoms with Gasteiger partial charge in [0, 0.05) is 0 Å². The van der Waals surface area contributed by atoms with Crippen molar-refractivity contribution in [3.05, 3.63) is 0 Å². The molecule has 7 nitrogen and oxygen atoms in total. The Morgan fingerprint density at radius 2 is 1.53 bits per heavy atom. The fraction of sp³-hybridized carbons (Fsp3) is 0.778. The van der Waals surface area contributed by atoms with E-state index in [1.165, 1.54) is 0 Å². The van der Waals surface area contributed by atoms with Gasteiger partial charge in [-0.3, -0.25) is 14.1 Å². The second-order valence-electron chi connectivity index (χ2n) is 4.68. The highest BCUT2D eigenvalue weighted by Crippen LogP contribution is 2.54. The molecule has 5 atom stereocenters. The Kier molecular flexibility index (Phi) is 2.66. The van der Waals surface area contributed by atoms with Crippen LogP contribution in [0.25, 0.3) is 0 Å². The van der Waals surface area contributed by atoms with Crippen LogP contribution in [0.5, 0.6) is 0 Å². The number of carboxylic acids is 2. The third kappa shape index (κ3) is 1.81. The zero-order valence-corrected chi connectivity index (χ0v) is 9.50. The van der Waals surface area contributed by atoms with Crippen molar-refractivity contribution >= 4 is 22.1 Å². The molecule has 17 heavy (non-hydrogen) atoms. The summed E-state index contributed by atoms with van der Waals surface area (Å²) in [5, 5.41) is 16.8. The second-order valence-corrected chi connectivity index (χ2v) is 6.31. The lowest BCUT2D eigenvalue weighted by Gasteiger charge is -2.29. The normalized spacial score (nSPS) is 40.4. The lowest BCUT2D eigenvalue weighted by molar-refractivity contribution is -0.156. The third-order valence-electron chi connectivity index (χ3n) is 3.90. The number of hydrogen-bond acceptors (Lipinski definition) is 4. The summed E-state index contributed by atoms with van der Waals surface area (Å²) in [6.07, 6.45) is 0.267. The molecule has 2 fully saturated rings. The highest BCUT2D eigenvalue weighted by molar-refractivity contribution is 7.86. The van der Waals surface area contributed by atoms with Crippen LogP contribution >= 0.6 is 0 Å². The molecule has 3 N–H and O–H groups in total. The summed E-state index contributed by atoms with van der Waals surface area (Å²) in [5.41, 5.74) is 0. The molecule has 96 valence electrons. The Labute approximate surface area is 97.2 Å². The molecule has 0 amide bonds. The quantitative estimate of drug-likeness (QED) is 0.596. The van der Waals surface area contributed by atoms with Crippen molar-refractivity contribution in [1.29, 1.82) is 0 Å². The minimum Gasteiger partial charge on any atom is -0.481 e. The second kappa shape index (κ2) is 3.67. The van der Waals surface area contributed by atoms with E-state index >= 15 is 0 Å². The van der Waals surface area contributed by atoms with Crippen molar-refractivity contribution in [2.45, 2.75) is 18.1 Å². The van der Waals surface area contributed by atoms with E-state index in [9.17, 15) is 18.0 Å². The lowest BCUT2D eigenvalue weighted by atomic mass is 9.79. The number of rotatable bonds is 3. The molecule has 2 rings (SSSR count). The Morgan fingerprint density at radius 3 is 1.94 bits per heavy atom. The van der Waals surface area contributed by atoms with Crippen molar-refractivity contribution in [3.63, 3.8) is 0 Å². The Bertz CT molecular complexity index is 468. The van der Waals surface area contributed by atoms with Gasteiger partial charge in [0.15, 0.2) is 0 Å². The molecule has 2 saturated carbocycles. The average Bonchev–Trinajstić information content (AvgIpc) is 2.71. The molecule has 0 spiro atoms. The van der Waals surface area contributed by atoms with E-state index < -0.39 is 51.0 Å². The van der Waals surface area contributed by atoms with Crippen LogP contribution in [0, 0.1) is 23.7 Å². The zero-order valence-electron chi connectivity index (χ0n) is 8.68. The van der Waals surface area contributed by atoms with Crippen molar-refractivity contribution in [3.8, 4) is 0 Å². The van der Waals surface area contributed by atoms with Gasteiger partial charge in [-0.25, -0.2) is 0 Å². The van der Waals surface area contributed by atoms with Gasteiger partial charge >= 0.3 is 11.9 Å². The van der Waals surface area contributed by atoms with Gasteiger partial charge in [0.25, 0.3) is 10.1 Å². The van der Waals surface area contributed by atoms with Crippen molar-refractivity contribution in [2.24, 2.45) is 23.7 Å². The number of aliphatic carboxylic acids is 2. The van der Waals surface area contributed by atoms with Crippen LogP contribution in [0.3, 0.4) is 0 Å². The van der Waals surface area contributed by atoms with Crippen LogP contribution in [0.4, 0.5) is 0 Å². The van der Waals surface area contributed by atoms with Crippen LogP contribution in [-0.4, -0.2) is 40.4 Å². The molecular weight excluding hydrogens is 252 g/mol. The van der Waals surface area contributed by atoms with E-state index in [4.69, 9.17) is 14.8 Å². The molecule has 2 aliphatic rings. The maximum absolute atomic E-state index is 11.1. The maximum atomic E-state index is 11.1. The fourth-order valence-electron chi connectivity index (χ4n) is 3.34. The minimum absolute atomic E-state index is 0.0320. The summed E-state index contributed by atoms with van der Waals surface area (Å²) >= 11 is 0. The van der Waals surface area contributed by atoms with Gasteiger partial charge in [0.2, 0.25) is 0 Å². The standard InChI is InChI=1S/C9H12O7S/c10-8(11)6-3-1-4(7(6)9(12)13)5(2-3)17(14,15)16/h3-7H,1-2H2,(H,10,11)(H,12,13)(H,14,15,16). The molecule has 0 heterocycles. The van der Waals surface area contributed by atoms with Crippen LogP contribution in [-0.2, 0) is 19.7 Å². The molecule has 8 heteroatoms. The maximum Gasteiger partial charge on any atom is 0.307 e. The first-order valence-corrected chi connectivity index (χ1v) is 6.65. The van der Waals surface area contributed by atoms with E-state index in [0.29, 0.717) is 0 Å². The van der Waals surface area contributed by atoms with E-state index in [1.54, 1.807) is 0 Å². The van der Waals surface area contributed by atoms with Gasteiger partial charge in [-0.15, -0.1) is 0 Å². The molecule has 0 aromatic carbocycles. The highest BCUT2D eigenvalue weighted by Gasteiger charge is 2.61. The smallest absolute Gasteiger partial charge is 0.307 e. The van der Waals surface area contributed by atoms with Crippen molar-refractivity contribution in [1.82, 2.24) is 0 Å². The van der Waals surface area contributed by atoms with Gasteiger partial charge < -0.3 is 10.2 Å². The topological polar surface area (TPSA) is 129 Å². The monoisotopic (exact) mass is 264 g/mol. The largest absolute Gasteiger partial charge is 0.481 e. The summed E-state index contributed by atoms with van der Waals surface area (Å²) in [6.45, 7) is 0. The number of fused-ring (bicyclic) bond motifs is 2. The van der Waals surface area contributed by atoms with Gasteiger partial charge in [-0.1, -0.05) is 0 Å². The molecule has 0 saturated heterocycles. The van der Waals surface area contributed by atoms with E-state index in [-0.39, 0.29) is 12.8 Å². The first-order chi connectivity index (χ1) is 7.73. The summed E-state index contributed by atoms with van der Waals surface area (Å²) in [6, 6.07) is 0. The molecule has 2 aliphatic carbocycles. The SMILES string of the molecule is O=C(O)C1C2CC(C1C(=O)O)C(S(=O)(=O)O)C2. The Morgan fingerprint density at radius 1 is 1.00 bits per heavy atom. The Balaban J connectivity index is 2.35.